The maximum absolute atomic E-state index is 5.39. The number of aromatic nitrogens is 4. The Morgan fingerprint density at radius 1 is 1.37 bits per heavy atom. The summed E-state index contributed by atoms with van der Waals surface area (Å²) in [5, 5.41) is 12.2. The molecule has 6 nitrogen and oxygen atoms in total. The monoisotopic (exact) mass is 278 g/mol. The zero-order valence-electron chi connectivity index (χ0n) is 11.6. The van der Waals surface area contributed by atoms with E-state index in [0.717, 1.165) is 17.1 Å². The van der Waals surface area contributed by atoms with Crippen LogP contribution < -0.4 is 5.32 Å². The van der Waals surface area contributed by atoms with Gasteiger partial charge in [0.25, 0.3) is 0 Å². The normalized spacial score (nSPS) is 10.5. The van der Waals surface area contributed by atoms with Gasteiger partial charge >= 0.3 is 0 Å². The van der Waals surface area contributed by atoms with E-state index in [1.807, 2.05) is 48.4 Å². The molecule has 2 heterocycles. The Kier molecular flexibility index (Phi) is 3.84. The Labute approximate surface area is 118 Å². The van der Waals surface area contributed by atoms with Crippen LogP contribution in [0, 0.1) is 6.92 Å². The van der Waals surface area contributed by atoms with Gasteiger partial charge in [0, 0.05) is 27.3 Å². The zero-order valence-corrected chi connectivity index (χ0v) is 12.4. The molecule has 0 bridgehead atoms. The first-order chi connectivity index (χ1) is 8.99. The molecule has 0 aliphatic rings. The van der Waals surface area contributed by atoms with Gasteiger partial charge in [-0.05, 0) is 25.2 Å². The molecule has 7 heteroatoms. The molecule has 2 rings (SSSR count). The van der Waals surface area contributed by atoms with Crippen LogP contribution in [0.15, 0.2) is 18.5 Å². The van der Waals surface area contributed by atoms with Crippen LogP contribution in [0.5, 0.6) is 0 Å². The number of hydrogen-bond donors (Lipinski definition) is 1. The van der Waals surface area contributed by atoms with E-state index in [1.165, 1.54) is 0 Å². The lowest BCUT2D eigenvalue weighted by atomic mass is 10.4. The molecular formula is C12H18N6S. The minimum atomic E-state index is 0.664. The molecule has 0 saturated heterocycles. The van der Waals surface area contributed by atoms with E-state index in [0.29, 0.717) is 11.7 Å². The van der Waals surface area contributed by atoms with Gasteiger partial charge in [0.15, 0.2) is 5.11 Å². The largest absolute Gasteiger partial charge is 0.346 e. The van der Waals surface area contributed by atoms with Crippen LogP contribution in [0.2, 0.25) is 0 Å². The molecule has 0 radical (unpaired) electrons. The molecule has 19 heavy (non-hydrogen) atoms. The predicted molar refractivity (Wildman–Crippen MR) is 78.8 cm³/mol. The Balaban J connectivity index is 2.00. The van der Waals surface area contributed by atoms with Gasteiger partial charge in [0.05, 0.1) is 29.8 Å². The van der Waals surface area contributed by atoms with Crippen molar-refractivity contribution in [3.8, 4) is 0 Å². The Bertz CT molecular complexity index is 585. The van der Waals surface area contributed by atoms with Crippen molar-refractivity contribution in [3.63, 3.8) is 0 Å². The quantitative estimate of drug-likeness (QED) is 0.858. The van der Waals surface area contributed by atoms with Crippen molar-refractivity contribution < 1.29 is 0 Å². The summed E-state index contributed by atoms with van der Waals surface area (Å²) in [7, 11) is 5.78. The number of hydrogen-bond acceptors (Lipinski definition) is 3. The molecule has 0 amide bonds. The fourth-order valence-electron chi connectivity index (χ4n) is 1.70. The molecule has 102 valence electrons. The van der Waals surface area contributed by atoms with Crippen LogP contribution in [-0.4, -0.2) is 36.6 Å². The summed E-state index contributed by atoms with van der Waals surface area (Å²) in [6.45, 7) is 2.71. The van der Waals surface area contributed by atoms with Gasteiger partial charge in [-0.25, -0.2) is 0 Å². The molecule has 0 unspecified atom stereocenters. The zero-order chi connectivity index (χ0) is 14.0. The molecule has 0 spiro atoms. The minimum Gasteiger partial charge on any atom is -0.346 e. The van der Waals surface area contributed by atoms with E-state index in [1.54, 1.807) is 12.4 Å². The molecule has 2 aromatic rings. The van der Waals surface area contributed by atoms with Crippen molar-refractivity contribution >= 4 is 23.0 Å². The molecule has 1 N–H and O–H groups in total. The Morgan fingerprint density at radius 2 is 2.11 bits per heavy atom. The maximum atomic E-state index is 5.39. The summed E-state index contributed by atoms with van der Waals surface area (Å²) in [4.78, 5) is 1.97. The van der Waals surface area contributed by atoms with Gasteiger partial charge in [-0.2, -0.15) is 10.2 Å². The highest BCUT2D eigenvalue weighted by Gasteiger charge is 2.10. The third-order valence-electron chi connectivity index (χ3n) is 3.15. The minimum absolute atomic E-state index is 0.664. The second-order valence-corrected chi connectivity index (χ2v) is 4.89. The molecule has 0 saturated carbocycles. The van der Waals surface area contributed by atoms with Crippen molar-refractivity contribution in [1.82, 2.24) is 24.5 Å². The van der Waals surface area contributed by atoms with E-state index in [-0.39, 0.29) is 0 Å². The number of nitrogens with zero attached hydrogens (tertiary/aromatic N) is 5. The fraction of sp³-hybridized carbons (Fsp3) is 0.417. The van der Waals surface area contributed by atoms with Crippen LogP contribution in [0.1, 0.15) is 11.4 Å². The van der Waals surface area contributed by atoms with Crippen LogP contribution >= 0.6 is 12.2 Å². The van der Waals surface area contributed by atoms with Crippen molar-refractivity contribution in [1.29, 1.82) is 0 Å². The third-order valence-corrected chi connectivity index (χ3v) is 3.56. The Hall–Kier alpha value is -1.89. The summed E-state index contributed by atoms with van der Waals surface area (Å²) >= 11 is 5.39. The van der Waals surface area contributed by atoms with Crippen molar-refractivity contribution in [2.24, 2.45) is 14.1 Å². The first kappa shape index (κ1) is 13.5. The number of aryl methyl sites for hydroxylation is 2. The number of rotatable bonds is 3. The van der Waals surface area contributed by atoms with Crippen LogP contribution in [-0.2, 0) is 20.6 Å². The van der Waals surface area contributed by atoms with Gasteiger partial charge < -0.3 is 10.2 Å². The summed E-state index contributed by atoms with van der Waals surface area (Å²) < 4.78 is 3.65. The fourth-order valence-corrected chi connectivity index (χ4v) is 1.88. The predicted octanol–water partition coefficient (Wildman–Crippen LogP) is 1.29. The molecule has 0 atom stereocenters. The molecular weight excluding hydrogens is 260 g/mol. The van der Waals surface area contributed by atoms with Gasteiger partial charge in [-0.3, -0.25) is 9.36 Å². The second-order valence-electron chi connectivity index (χ2n) is 4.50. The average Bonchev–Trinajstić information content (AvgIpc) is 2.90. The Morgan fingerprint density at radius 3 is 2.63 bits per heavy atom. The lowest BCUT2D eigenvalue weighted by Gasteiger charge is -2.20. The second kappa shape index (κ2) is 5.40. The summed E-state index contributed by atoms with van der Waals surface area (Å²) in [6, 6.07) is 1.98. The first-order valence-corrected chi connectivity index (χ1v) is 6.37. The molecule has 0 aromatic carbocycles. The molecule has 2 aromatic heterocycles. The van der Waals surface area contributed by atoms with Crippen LogP contribution in [0.3, 0.4) is 0 Å². The van der Waals surface area contributed by atoms with Gasteiger partial charge in [0.2, 0.25) is 0 Å². The topological polar surface area (TPSA) is 50.9 Å². The highest BCUT2D eigenvalue weighted by atomic mass is 32.1. The van der Waals surface area contributed by atoms with E-state index in [9.17, 15) is 0 Å². The summed E-state index contributed by atoms with van der Waals surface area (Å²) in [6.07, 6.45) is 3.56. The van der Waals surface area contributed by atoms with Crippen molar-refractivity contribution in [3.05, 3.63) is 29.8 Å². The standard InChI is InChI=1S/C12H18N6S/c1-9-11(7-14-17(9)3)15-12(19)16(2)8-10-5-6-13-18(10)4/h5-7H,8H2,1-4H3,(H,15,19). The SMILES string of the molecule is Cc1c(NC(=S)N(C)Cc2ccnn2C)cnn1C. The lowest BCUT2D eigenvalue weighted by molar-refractivity contribution is 0.482. The van der Waals surface area contributed by atoms with Crippen LogP contribution in [0.4, 0.5) is 5.69 Å². The highest BCUT2D eigenvalue weighted by Crippen LogP contribution is 2.13. The van der Waals surface area contributed by atoms with E-state index in [4.69, 9.17) is 12.2 Å². The number of nitrogens with one attached hydrogen (secondary N) is 1. The van der Waals surface area contributed by atoms with Gasteiger partial charge in [-0.15, -0.1) is 0 Å². The van der Waals surface area contributed by atoms with Gasteiger partial charge in [-0.1, -0.05) is 0 Å². The lowest BCUT2D eigenvalue weighted by Crippen LogP contribution is -2.31. The van der Waals surface area contributed by atoms with E-state index in [2.05, 4.69) is 15.5 Å². The number of thiocarbonyl (C=S) groups is 1. The van der Waals surface area contributed by atoms with E-state index >= 15 is 0 Å². The van der Waals surface area contributed by atoms with Crippen molar-refractivity contribution in [2.75, 3.05) is 12.4 Å². The molecule has 0 aliphatic heterocycles. The maximum Gasteiger partial charge on any atom is 0.173 e. The molecule has 0 aliphatic carbocycles. The van der Waals surface area contributed by atoms with E-state index < -0.39 is 0 Å². The highest BCUT2D eigenvalue weighted by molar-refractivity contribution is 7.80. The third kappa shape index (κ3) is 2.93. The number of anilines is 1. The van der Waals surface area contributed by atoms with Crippen molar-refractivity contribution in [2.45, 2.75) is 13.5 Å². The summed E-state index contributed by atoms with van der Waals surface area (Å²) in [5.41, 5.74) is 3.09. The first-order valence-electron chi connectivity index (χ1n) is 5.96. The average molecular weight is 278 g/mol. The van der Waals surface area contributed by atoms with Crippen LogP contribution in [0.25, 0.3) is 0 Å². The molecule has 0 fully saturated rings. The smallest absolute Gasteiger partial charge is 0.173 e. The summed E-state index contributed by atoms with van der Waals surface area (Å²) in [5.74, 6) is 0. The van der Waals surface area contributed by atoms with Gasteiger partial charge in [0.1, 0.15) is 0 Å².